The second-order valence-corrected chi connectivity index (χ2v) is 5.83. The van der Waals surface area contributed by atoms with Gasteiger partial charge in [0.05, 0.1) is 30.2 Å². The predicted octanol–water partition coefficient (Wildman–Crippen LogP) is 3.47. The van der Waals surface area contributed by atoms with Crippen molar-refractivity contribution >= 4 is 17.3 Å². The number of benzene rings is 1. The highest BCUT2D eigenvalue weighted by molar-refractivity contribution is 5.94. The van der Waals surface area contributed by atoms with Gasteiger partial charge in [-0.3, -0.25) is 14.8 Å². The first-order chi connectivity index (χ1) is 12.7. The molecule has 0 saturated heterocycles. The van der Waals surface area contributed by atoms with E-state index in [1.165, 1.54) is 0 Å². The zero-order valence-electron chi connectivity index (χ0n) is 14.7. The molecule has 0 spiro atoms. The fourth-order valence-electron chi connectivity index (χ4n) is 2.49. The topological polar surface area (TPSA) is 76.1 Å². The van der Waals surface area contributed by atoms with Crippen molar-refractivity contribution in [2.75, 3.05) is 12.4 Å². The Morgan fingerprint density at radius 3 is 2.65 bits per heavy atom. The summed E-state index contributed by atoms with van der Waals surface area (Å²) >= 11 is 0. The lowest BCUT2D eigenvalue weighted by molar-refractivity contribution is 0.0950. The van der Waals surface area contributed by atoms with E-state index in [-0.39, 0.29) is 5.91 Å². The van der Waals surface area contributed by atoms with Gasteiger partial charge in [0.25, 0.3) is 5.91 Å². The first-order valence-electron chi connectivity index (χ1n) is 8.19. The van der Waals surface area contributed by atoms with Gasteiger partial charge in [0, 0.05) is 25.1 Å². The predicted molar refractivity (Wildman–Crippen MR) is 101 cm³/mol. The number of nitrogens with one attached hydrogen (secondary N) is 2. The molecule has 6 heteroatoms. The summed E-state index contributed by atoms with van der Waals surface area (Å²) in [7, 11) is 1.62. The zero-order valence-corrected chi connectivity index (χ0v) is 14.7. The van der Waals surface area contributed by atoms with Gasteiger partial charge in [-0.2, -0.15) is 0 Å². The summed E-state index contributed by atoms with van der Waals surface area (Å²) in [6.45, 7) is 2.44. The number of hydrogen-bond donors (Lipinski definition) is 2. The van der Waals surface area contributed by atoms with Gasteiger partial charge in [-0.25, -0.2) is 0 Å². The molecule has 2 N–H and O–H groups in total. The number of nitrogens with zero attached hydrogens (tertiary/aromatic N) is 2. The van der Waals surface area contributed by atoms with Crippen LogP contribution in [0, 0.1) is 6.92 Å². The summed E-state index contributed by atoms with van der Waals surface area (Å²) < 4.78 is 5.37. The summed E-state index contributed by atoms with van der Waals surface area (Å²) in [6, 6.07) is 11.3. The number of ether oxygens (including phenoxy) is 1. The molecule has 0 aliphatic rings. The van der Waals surface area contributed by atoms with Crippen molar-refractivity contribution in [1.82, 2.24) is 15.3 Å². The summed E-state index contributed by atoms with van der Waals surface area (Å²) in [5.41, 5.74) is 4.11. The van der Waals surface area contributed by atoms with E-state index in [4.69, 9.17) is 4.74 Å². The molecule has 2 heterocycles. The molecule has 0 aliphatic heterocycles. The Balaban J connectivity index is 1.72. The Morgan fingerprint density at radius 2 is 1.88 bits per heavy atom. The number of aromatic nitrogens is 2. The largest absolute Gasteiger partial charge is 0.495 e. The van der Waals surface area contributed by atoms with Crippen LogP contribution < -0.4 is 15.4 Å². The van der Waals surface area contributed by atoms with Gasteiger partial charge < -0.3 is 15.4 Å². The number of anilines is 2. The molecule has 1 aromatic carbocycles. The smallest absolute Gasteiger partial charge is 0.253 e. The lowest BCUT2D eigenvalue weighted by Gasteiger charge is -2.12. The molecule has 0 bridgehead atoms. The summed E-state index contributed by atoms with van der Waals surface area (Å²) in [5, 5.41) is 6.14. The van der Waals surface area contributed by atoms with Crippen LogP contribution in [0.5, 0.6) is 5.75 Å². The van der Waals surface area contributed by atoms with Gasteiger partial charge in [0.1, 0.15) is 5.75 Å². The summed E-state index contributed by atoms with van der Waals surface area (Å²) in [4.78, 5) is 20.5. The van der Waals surface area contributed by atoms with Gasteiger partial charge in [-0.05, 0) is 48.4 Å². The number of hydrogen-bond acceptors (Lipinski definition) is 5. The van der Waals surface area contributed by atoms with Crippen LogP contribution in [0.15, 0.2) is 61.2 Å². The third-order valence-electron chi connectivity index (χ3n) is 3.84. The van der Waals surface area contributed by atoms with Gasteiger partial charge >= 0.3 is 0 Å². The van der Waals surface area contributed by atoms with Crippen LogP contribution >= 0.6 is 0 Å². The van der Waals surface area contributed by atoms with E-state index in [2.05, 4.69) is 20.6 Å². The normalized spacial score (nSPS) is 10.2. The number of pyridine rings is 2. The highest BCUT2D eigenvalue weighted by Gasteiger charge is 2.09. The molecule has 0 saturated carbocycles. The maximum absolute atomic E-state index is 12.4. The van der Waals surface area contributed by atoms with E-state index >= 15 is 0 Å². The first kappa shape index (κ1) is 17.4. The van der Waals surface area contributed by atoms with E-state index in [0.717, 1.165) is 22.6 Å². The second kappa shape index (κ2) is 8.11. The van der Waals surface area contributed by atoms with Crippen LogP contribution in [0.4, 0.5) is 11.4 Å². The van der Waals surface area contributed by atoms with Crippen LogP contribution in [0.3, 0.4) is 0 Å². The standard InChI is InChI=1S/C20H20N4O2/c1-14-3-4-19(26-2)18(9-14)24-17-10-16(12-22-13-17)20(25)23-11-15-5-7-21-8-6-15/h3-10,12-13,24H,11H2,1-2H3,(H,23,25). The molecule has 0 fully saturated rings. The Morgan fingerprint density at radius 1 is 1.08 bits per heavy atom. The number of aryl methyl sites for hydroxylation is 1. The molecule has 132 valence electrons. The van der Waals surface area contributed by atoms with Crippen molar-refractivity contribution in [3.8, 4) is 5.75 Å². The maximum Gasteiger partial charge on any atom is 0.253 e. The molecule has 0 aliphatic carbocycles. The van der Waals surface area contributed by atoms with Gasteiger partial charge in [0.2, 0.25) is 0 Å². The molecular weight excluding hydrogens is 328 g/mol. The third kappa shape index (κ3) is 4.36. The van der Waals surface area contributed by atoms with Crippen molar-refractivity contribution in [2.45, 2.75) is 13.5 Å². The van der Waals surface area contributed by atoms with Crippen LogP contribution in [0.25, 0.3) is 0 Å². The fourth-order valence-corrected chi connectivity index (χ4v) is 2.49. The molecule has 2 aromatic heterocycles. The van der Waals surface area contributed by atoms with E-state index in [9.17, 15) is 4.79 Å². The summed E-state index contributed by atoms with van der Waals surface area (Å²) in [6.07, 6.45) is 6.60. The third-order valence-corrected chi connectivity index (χ3v) is 3.84. The van der Waals surface area contributed by atoms with Crippen molar-refractivity contribution in [1.29, 1.82) is 0 Å². The molecule has 3 rings (SSSR count). The quantitative estimate of drug-likeness (QED) is 0.713. The lowest BCUT2D eigenvalue weighted by Crippen LogP contribution is -2.23. The molecular formula is C20H20N4O2. The lowest BCUT2D eigenvalue weighted by atomic mass is 10.2. The fraction of sp³-hybridized carbons (Fsp3) is 0.150. The minimum atomic E-state index is -0.186. The van der Waals surface area contributed by atoms with Crippen molar-refractivity contribution < 1.29 is 9.53 Å². The Hall–Kier alpha value is -3.41. The van der Waals surface area contributed by atoms with Crippen LogP contribution in [-0.2, 0) is 6.54 Å². The van der Waals surface area contributed by atoms with E-state index < -0.39 is 0 Å². The number of rotatable bonds is 6. The zero-order chi connectivity index (χ0) is 18.4. The number of methoxy groups -OCH3 is 1. The Kier molecular flexibility index (Phi) is 5.43. The van der Waals surface area contributed by atoms with Crippen LogP contribution in [0.2, 0.25) is 0 Å². The van der Waals surface area contributed by atoms with Crippen LogP contribution in [-0.4, -0.2) is 23.0 Å². The van der Waals surface area contributed by atoms with E-state index in [1.807, 2.05) is 37.3 Å². The van der Waals surface area contributed by atoms with E-state index in [1.54, 1.807) is 38.0 Å². The maximum atomic E-state index is 12.4. The highest BCUT2D eigenvalue weighted by Crippen LogP contribution is 2.28. The van der Waals surface area contributed by atoms with Crippen molar-refractivity contribution in [2.24, 2.45) is 0 Å². The van der Waals surface area contributed by atoms with Crippen molar-refractivity contribution in [3.63, 3.8) is 0 Å². The molecule has 1 amide bonds. The van der Waals surface area contributed by atoms with Gasteiger partial charge in [-0.1, -0.05) is 6.07 Å². The Labute approximate surface area is 152 Å². The SMILES string of the molecule is COc1ccc(C)cc1Nc1cncc(C(=O)NCc2ccncc2)c1. The second-order valence-electron chi connectivity index (χ2n) is 5.83. The highest BCUT2D eigenvalue weighted by atomic mass is 16.5. The van der Waals surface area contributed by atoms with E-state index in [0.29, 0.717) is 17.8 Å². The molecule has 0 atom stereocenters. The van der Waals surface area contributed by atoms with Gasteiger partial charge in [0.15, 0.2) is 0 Å². The number of carbonyl (C=O) groups excluding carboxylic acids is 1. The molecule has 0 radical (unpaired) electrons. The molecule has 0 unspecified atom stereocenters. The number of amides is 1. The minimum Gasteiger partial charge on any atom is -0.495 e. The van der Waals surface area contributed by atoms with Gasteiger partial charge in [-0.15, -0.1) is 0 Å². The minimum absolute atomic E-state index is 0.186. The summed E-state index contributed by atoms with van der Waals surface area (Å²) in [5.74, 6) is 0.539. The molecule has 3 aromatic rings. The average Bonchev–Trinajstić information content (AvgIpc) is 2.67. The first-order valence-corrected chi connectivity index (χ1v) is 8.19. The average molecular weight is 348 g/mol. The number of carbonyl (C=O) groups is 1. The van der Waals surface area contributed by atoms with Crippen LogP contribution in [0.1, 0.15) is 21.5 Å². The van der Waals surface area contributed by atoms with Crippen molar-refractivity contribution in [3.05, 3.63) is 77.9 Å². The monoisotopic (exact) mass is 348 g/mol. The molecule has 6 nitrogen and oxygen atoms in total. The Bertz CT molecular complexity index is 897. The molecule has 26 heavy (non-hydrogen) atoms.